The Morgan fingerprint density at radius 2 is 1.93 bits per heavy atom. The van der Waals surface area contributed by atoms with Crippen LogP contribution in [0.5, 0.6) is 23.1 Å². The zero-order valence-electron chi connectivity index (χ0n) is 23.6. The standard InChI is InChI=1S/C29H30F2N8O3/c1-17(2)40-28-26(42-23-8-9-38(4)14-29(23,30)31)25-21(13-32-28)33-15-35-27(25)37-19-5-6-22(18(3)11-19)41-20-7-10-39-24(12-20)34-16-36-39/h5-7,10-13,15-17,23H,8-9,14H2,1-4H3,(H,33,35,37)/t23-/m1/s1. The lowest BCUT2D eigenvalue weighted by Crippen LogP contribution is -2.52. The van der Waals surface area contributed by atoms with E-state index in [1.807, 2.05) is 39.0 Å². The summed E-state index contributed by atoms with van der Waals surface area (Å²) in [6.07, 6.45) is 4.67. The number of halogens is 2. The second-order valence-electron chi connectivity index (χ2n) is 10.6. The highest BCUT2D eigenvalue weighted by atomic mass is 19.3. The van der Waals surface area contributed by atoms with Gasteiger partial charge in [0.25, 0.3) is 11.8 Å². The normalized spacial score (nSPS) is 17.1. The summed E-state index contributed by atoms with van der Waals surface area (Å²) in [6.45, 7) is 5.65. The van der Waals surface area contributed by atoms with Gasteiger partial charge in [-0.3, -0.25) is 0 Å². The monoisotopic (exact) mass is 576 g/mol. The van der Waals surface area contributed by atoms with E-state index in [1.165, 1.54) is 18.9 Å². The molecule has 218 valence electrons. The van der Waals surface area contributed by atoms with Crippen molar-refractivity contribution < 1.29 is 23.0 Å². The summed E-state index contributed by atoms with van der Waals surface area (Å²) in [5.41, 5.74) is 2.65. The van der Waals surface area contributed by atoms with Crippen molar-refractivity contribution in [3.05, 3.63) is 60.9 Å². The van der Waals surface area contributed by atoms with Gasteiger partial charge in [-0.1, -0.05) is 0 Å². The molecule has 0 spiro atoms. The molecule has 42 heavy (non-hydrogen) atoms. The lowest BCUT2D eigenvalue weighted by molar-refractivity contribution is -0.135. The van der Waals surface area contributed by atoms with Crippen LogP contribution in [0.25, 0.3) is 16.6 Å². The second-order valence-corrected chi connectivity index (χ2v) is 10.6. The van der Waals surface area contributed by atoms with E-state index in [4.69, 9.17) is 14.2 Å². The number of hydrogen-bond donors (Lipinski definition) is 1. The van der Waals surface area contributed by atoms with E-state index in [0.29, 0.717) is 46.1 Å². The first kappa shape index (κ1) is 27.5. The summed E-state index contributed by atoms with van der Waals surface area (Å²) in [6, 6.07) is 9.17. The molecule has 1 aliphatic heterocycles. The van der Waals surface area contributed by atoms with Gasteiger partial charge in [-0.25, -0.2) is 33.2 Å². The number of ether oxygens (including phenoxy) is 3. The van der Waals surface area contributed by atoms with E-state index in [1.54, 1.807) is 34.8 Å². The molecular weight excluding hydrogens is 546 g/mol. The molecule has 1 saturated heterocycles. The van der Waals surface area contributed by atoms with Crippen molar-refractivity contribution in [2.75, 3.05) is 25.5 Å². The Morgan fingerprint density at radius 1 is 1.07 bits per heavy atom. The SMILES string of the molecule is Cc1cc(Nc2ncnc3cnc(OC(C)C)c(O[C@@H]4CCN(C)CC4(F)F)c23)ccc1Oc1ccn2ncnc2c1. The van der Waals surface area contributed by atoms with Crippen molar-refractivity contribution in [1.82, 2.24) is 34.4 Å². The maximum atomic E-state index is 15.1. The number of aryl methyl sites for hydroxylation is 1. The van der Waals surface area contributed by atoms with E-state index >= 15 is 8.78 Å². The van der Waals surface area contributed by atoms with Crippen molar-refractivity contribution in [3.8, 4) is 23.1 Å². The van der Waals surface area contributed by atoms with Crippen molar-refractivity contribution in [2.24, 2.45) is 0 Å². The first-order valence-corrected chi connectivity index (χ1v) is 13.5. The molecule has 0 saturated carbocycles. The maximum Gasteiger partial charge on any atom is 0.296 e. The van der Waals surface area contributed by atoms with Crippen LogP contribution in [0.2, 0.25) is 0 Å². The minimum absolute atomic E-state index is 0.0825. The van der Waals surface area contributed by atoms with Crippen LogP contribution in [0, 0.1) is 6.92 Å². The van der Waals surface area contributed by atoms with Crippen LogP contribution in [0.4, 0.5) is 20.3 Å². The number of nitrogens with one attached hydrogen (secondary N) is 1. The molecule has 5 aromatic rings. The van der Waals surface area contributed by atoms with Gasteiger partial charge < -0.3 is 24.4 Å². The molecule has 1 aliphatic rings. The second kappa shape index (κ2) is 11.0. The Balaban J connectivity index is 1.33. The van der Waals surface area contributed by atoms with Crippen LogP contribution < -0.4 is 19.5 Å². The third-order valence-corrected chi connectivity index (χ3v) is 6.85. The number of likely N-dealkylation sites (tertiary alicyclic amines) is 1. The molecule has 0 radical (unpaired) electrons. The molecule has 5 heterocycles. The number of benzene rings is 1. The predicted octanol–water partition coefficient (Wildman–Crippen LogP) is 5.42. The van der Waals surface area contributed by atoms with Crippen molar-refractivity contribution in [3.63, 3.8) is 0 Å². The highest BCUT2D eigenvalue weighted by Crippen LogP contribution is 2.41. The van der Waals surface area contributed by atoms with E-state index in [2.05, 4.69) is 30.4 Å². The number of piperidine rings is 1. The van der Waals surface area contributed by atoms with Gasteiger partial charge in [-0.15, -0.1) is 0 Å². The molecule has 11 nitrogen and oxygen atoms in total. The number of fused-ring (bicyclic) bond motifs is 2. The van der Waals surface area contributed by atoms with Gasteiger partial charge in [0.15, 0.2) is 17.5 Å². The van der Waals surface area contributed by atoms with Crippen molar-refractivity contribution in [1.29, 1.82) is 0 Å². The van der Waals surface area contributed by atoms with Gasteiger partial charge in [0, 0.05) is 30.9 Å². The summed E-state index contributed by atoms with van der Waals surface area (Å²) in [7, 11) is 1.67. The van der Waals surface area contributed by atoms with E-state index in [-0.39, 0.29) is 24.2 Å². The first-order valence-electron chi connectivity index (χ1n) is 13.5. The number of aromatic nitrogens is 6. The number of pyridine rings is 2. The highest BCUT2D eigenvalue weighted by molar-refractivity contribution is 5.96. The van der Waals surface area contributed by atoms with Gasteiger partial charge in [0.2, 0.25) is 0 Å². The Labute approximate surface area is 240 Å². The molecule has 0 bridgehead atoms. The van der Waals surface area contributed by atoms with Gasteiger partial charge >= 0.3 is 0 Å². The summed E-state index contributed by atoms with van der Waals surface area (Å²) in [5, 5.41) is 7.80. The summed E-state index contributed by atoms with van der Waals surface area (Å²) < 4.78 is 49.8. The lowest BCUT2D eigenvalue weighted by Gasteiger charge is -2.36. The smallest absolute Gasteiger partial charge is 0.296 e. The molecule has 13 heteroatoms. The highest BCUT2D eigenvalue weighted by Gasteiger charge is 2.46. The molecule has 6 rings (SSSR count). The lowest BCUT2D eigenvalue weighted by atomic mass is 10.0. The molecule has 1 N–H and O–H groups in total. The topological polar surface area (TPSA) is 112 Å². The van der Waals surface area contributed by atoms with Crippen molar-refractivity contribution >= 4 is 28.1 Å². The Bertz CT molecular complexity index is 1750. The van der Waals surface area contributed by atoms with Crippen LogP contribution in [0.1, 0.15) is 25.8 Å². The molecule has 0 amide bonds. The minimum Gasteiger partial charge on any atom is -0.478 e. The van der Waals surface area contributed by atoms with Crippen LogP contribution in [-0.4, -0.2) is 72.7 Å². The molecule has 0 aliphatic carbocycles. The summed E-state index contributed by atoms with van der Waals surface area (Å²) in [5.74, 6) is -1.23. The van der Waals surface area contributed by atoms with E-state index in [0.717, 1.165) is 5.56 Å². The zero-order valence-corrected chi connectivity index (χ0v) is 23.6. The van der Waals surface area contributed by atoms with Gasteiger partial charge in [-0.05, 0) is 57.6 Å². The van der Waals surface area contributed by atoms with E-state index < -0.39 is 18.6 Å². The fourth-order valence-electron chi connectivity index (χ4n) is 4.86. The Morgan fingerprint density at radius 3 is 2.71 bits per heavy atom. The number of anilines is 2. The van der Waals surface area contributed by atoms with Gasteiger partial charge in [0.1, 0.15) is 30.0 Å². The molecule has 1 atom stereocenters. The summed E-state index contributed by atoms with van der Waals surface area (Å²) in [4.78, 5) is 18.9. The Kier molecular flexibility index (Phi) is 7.19. The van der Waals surface area contributed by atoms with Crippen LogP contribution >= 0.6 is 0 Å². The fourth-order valence-corrected chi connectivity index (χ4v) is 4.86. The van der Waals surface area contributed by atoms with Crippen LogP contribution in [0.3, 0.4) is 0 Å². The third-order valence-electron chi connectivity index (χ3n) is 6.85. The largest absolute Gasteiger partial charge is 0.478 e. The number of hydrogen-bond acceptors (Lipinski definition) is 10. The predicted molar refractivity (Wildman–Crippen MR) is 152 cm³/mol. The van der Waals surface area contributed by atoms with Crippen LogP contribution in [-0.2, 0) is 0 Å². The number of nitrogens with zero attached hydrogens (tertiary/aromatic N) is 7. The average molecular weight is 577 g/mol. The molecular formula is C29H30F2N8O3. The van der Waals surface area contributed by atoms with Gasteiger partial charge in [-0.2, -0.15) is 5.10 Å². The zero-order chi connectivity index (χ0) is 29.4. The Hall–Kier alpha value is -4.65. The van der Waals surface area contributed by atoms with Crippen LogP contribution in [0.15, 0.2) is 55.4 Å². The summed E-state index contributed by atoms with van der Waals surface area (Å²) >= 11 is 0. The molecule has 1 aromatic carbocycles. The third kappa shape index (κ3) is 5.59. The van der Waals surface area contributed by atoms with E-state index in [9.17, 15) is 0 Å². The average Bonchev–Trinajstić information content (AvgIpc) is 3.40. The quantitative estimate of drug-likeness (QED) is 0.257. The maximum absolute atomic E-state index is 15.1. The fraction of sp³-hybridized carbons (Fsp3) is 0.345. The molecule has 1 fully saturated rings. The van der Waals surface area contributed by atoms with Crippen molar-refractivity contribution in [2.45, 2.75) is 45.3 Å². The number of rotatable bonds is 8. The molecule has 0 unspecified atom stereocenters. The molecule has 4 aromatic heterocycles. The number of alkyl halides is 2. The minimum atomic E-state index is -3.07. The van der Waals surface area contributed by atoms with Gasteiger partial charge in [0.05, 0.1) is 29.7 Å². The first-order chi connectivity index (χ1) is 20.2.